The summed E-state index contributed by atoms with van der Waals surface area (Å²) in [4.78, 5) is 4.24. The molecule has 0 spiro atoms. The van der Waals surface area contributed by atoms with Crippen LogP contribution in [0.2, 0.25) is 0 Å². The molecule has 3 heteroatoms. The standard InChI is InChI=1S/C10H16N2O/c1-2-7-12-8-6-11-9(12)10(13)4-3-5-10/h6,8,13H,2-5,7H2,1H3. The molecular weight excluding hydrogens is 164 g/mol. The lowest BCUT2D eigenvalue weighted by Crippen LogP contribution is -2.36. The van der Waals surface area contributed by atoms with E-state index in [0.717, 1.165) is 38.1 Å². The minimum Gasteiger partial charge on any atom is -0.382 e. The van der Waals surface area contributed by atoms with Crippen LogP contribution in [0.1, 0.15) is 38.4 Å². The average Bonchev–Trinajstić information content (AvgIpc) is 2.49. The van der Waals surface area contributed by atoms with Crippen LogP contribution >= 0.6 is 0 Å². The van der Waals surface area contributed by atoms with Gasteiger partial charge in [0.25, 0.3) is 0 Å². The third-order valence-electron chi connectivity index (χ3n) is 2.78. The minimum atomic E-state index is -0.612. The van der Waals surface area contributed by atoms with Crippen molar-refractivity contribution in [3.8, 4) is 0 Å². The number of nitrogens with zero attached hydrogens (tertiary/aromatic N) is 2. The zero-order valence-electron chi connectivity index (χ0n) is 8.03. The molecule has 1 aliphatic rings. The van der Waals surface area contributed by atoms with Gasteiger partial charge in [0.15, 0.2) is 0 Å². The van der Waals surface area contributed by atoms with E-state index in [4.69, 9.17) is 0 Å². The van der Waals surface area contributed by atoms with Crippen molar-refractivity contribution in [2.75, 3.05) is 0 Å². The van der Waals surface area contributed by atoms with Crippen molar-refractivity contribution in [2.45, 2.75) is 44.8 Å². The van der Waals surface area contributed by atoms with Crippen molar-refractivity contribution >= 4 is 0 Å². The first-order valence-electron chi connectivity index (χ1n) is 5.00. The maximum atomic E-state index is 10.1. The van der Waals surface area contributed by atoms with Gasteiger partial charge < -0.3 is 9.67 Å². The highest BCUT2D eigenvalue weighted by atomic mass is 16.3. The van der Waals surface area contributed by atoms with Gasteiger partial charge in [-0.3, -0.25) is 0 Å². The van der Waals surface area contributed by atoms with Crippen molar-refractivity contribution in [2.24, 2.45) is 0 Å². The van der Waals surface area contributed by atoms with Gasteiger partial charge in [-0.15, -0.1) is 0 Å². The van der Waals surface area contributed by atoms with Crippen LogP contribution in [-0.4, -0.2) is 14.7 Å². The molecule has 0 saturated heterocycles. The molecule has 72 valence electrons. The highest BCUT2D eigenvalue weighted by Crippen LogP contribution is 2.39. The minimum absolute atomic E-state index is 0.612. The number of hydrogen-bond acceptors (Lipinski definition) is 2. The summed E-state index contributed by atoms with van der Waals surface area (Å²) in [5, 5.41) is 10.1. The molecule has 0 bridgehead atoms. The smallest absolute Gasteiger partial charge is 0.140 e. The molecule has 1 saturated carbocycles. The summed E-state index contributed by atoms with van der Waals surface area (Å²) in [6.07, 6.45) is 7.67. The first-order valence-corrected chi connectivity index (χ1v) is 5.00. The van der Waals surface area contributed by atoms with Crippen LogP contribution in [0, 0.1) is 0 Å². The summed E-state index contributed by atoms with van der Waals surface area (Å²) in [6.45, 7) is 3.09. The van der Waals surface area contributed by atoms with E-state index >= 15 is 0 Å². The number of aromatic nitrogens is 2. The van der Waals surface area contributed by atoms with E-state index in [9.17, 15) is 5.11 Å². The summed E-state index contributed by atoms with van der Waals surface area (Å²) >= 11 is 0. The van der Waals surface area contributed by atoms with Crippen LogP contribution in [0.5, 0.6) is 0 Å². The van der Waals surface area contributed by atoms with Crippen LogP contribution in [0.15, 0.2) is 12.4 Å². The van der Waals surface area contributed by atoms with Crippen LogP contribution in [0.4, 0.5) is 0 Å². The van der Waals surface area contributed by atoms with Gasteiger partial charge in [0.2, 0.25) is 0 Å². The molecule has 0 aliphatic heterocycles. The van der Waals surface area contributed by atoms with Crippen LogP contribution in [-0.2, 0) is 12.1 Å². The zero-order chi connectivity index (χ0) is 9.31. The fourth-order valence-corrected chi connectivity index (χ4v) is 1.87. The summed E-state index contributed by atoms with van der Waals surface area (Å²) < 4.78 is 2.07. The van der Waals surface area contributed by atoms with Gasteiger partial charge in [-0.25, -0.2) is 4.98 Å². The van der Waals surface area contributed by atoms with Gasteiger partial charge >= 0.3 is 0 Å². The molecule has 1 aliphatic carbocycles. The molecule has 1 heterocycles. The van der Waals surface area contributed by atoms with Gasteiger partial charge in [-0.2, -0.15) is 0 Å². The van der Waals surface area contributed by atoms with Gasteiger partial charge in [0.1, 0.15) is 11.4 Å². The van der Waals surface area contributed by atoms with Gasteiger partial charge in [0, 0.05) is 18.9 Å². The molecule has 1 fully saturated rings. The Bertz CT molecular complexity index is 289. The number of rotatable bonds is 3. The molecule has 0 atom stereocenters. The molecule has 0 aromatic carbocycles. The average molecular weight is 180 g/mol. The predicted octanol–water partition coefficient (Wildman–Crippen LogP) is 1.66. The fourth-order valence-electron chi connectivity index (χ4n) is 1.87. The van der Waals surface area contributed by atoms with Crippen molar-refractivity contribution < 1.29 is 5.11 Å². The SMILES string of the molecule is CCCn1ccnc1C1(O)CCC1. The van der Waals surface area contributed by atoms with E-state index in [2.05, 4.69) is 16.5 Å². The van der Waals surface area contributed by atoms with Crippen molar-refractivity contribution in [1.29, 1.82) is 0 Å². The molecule has 0 unspecified atom stereocenters. The Morgan fingerprint density at radius 1 is 1.62 bits per heavy atom. The van der Waals surface area contributed by atoms with E-state index < -0.39 is 5.60 Å². The Hall–Kier alpha value is -0.830. The van der Waals surface area contributed by atoms with Crippen molar-refractivity contribution in [3.05, 3.63) is 18.2 Å². The lowest BCUT2D eigenvalue weighted by molar-refractivity contribution is -0.0495. The Morgan fingerprint density at radius 3 is 2.92 bits per heavy atom. The van der Waals surface area contributed by atoms with Crippen LogP contribution in [0.25, 0.3) is 0 Å². The van der Waals surface area contributed by atoms with Crippen molar-refractivity contribution in [1.82, 2.24) is 9.55 Å². The second-order valence-electron chi connectivity index (χ2n) is 3.83. The molecule has 1 N–H and O–H groups in total. The Morgan fingerprint density at radius 2 is 2.38 bits per heavy atom. The van der Waals surface area contributed by atoms with Gasteiger partial charge in [0.05, 0.1) is 0 Å². The topological polar surface area (TPSA) is 38.0 Å². The molecule has 13 heavy (non-hydrogen) atoms. The largest absolute Gasteiger partial charge is 0.382 e. The Kier molecular flexibility index (Phi) is 2.12. The monoisotopic (exact) mass is 180 g/mol. The van der Waals surface area contributed by atoms with Crippen molar-refractivity contribution in [3.63, 3.8) is 0 Å². The number of aliphatic hydroxyl groups is 1. The lowest BCUT2D eigenvalue weighted by Gasteiger charge is -2.36. The quantitative estimate of drug-likeness (QED) is 0.768. The summed E-state index contributed by atoms with van der Waals surface area (Å²) in [6, 6.07) is 0. The predicted molar refractivity (Wildman–Crippen MR) is 50.3 cm³/mol. The zero-order valence-corrected chi connectivity index (χ0v) is 8.03. The normalized spacial score (nSPS) is 19.8. The molecule has 3 nitrogen and oxygen atoms in total. The fraction of sp³-hybridized carbons (Fsp3) is 0.700. The number of aryl methyl sites for hydroxylation is 1. The maximum absolute atomic E-state index is 10.1. The first-order chi connectivity index (χ1) is 6.26. The first kappa shape index (κ1) is 8.75. The van der Waals surface area contributed by atoms with E-state index in [1.165, 1.54) is 0 Å². The molecule has 2 rings (SSSR count). The molecule has 0 radical (unpaired) electrons. The van der Waals surface area contributed by atoms with E-state index in [0.29, 0.717) is 0 Å². The van der Waals surface area contributed by atoms with E-state index in [-0.39, 0.29) is 0 Å². The number of hydrogen-bond donors (Lipinski definition) is 1. The second kappa shape index (κ2) is 3.14. The molecule has 0 amide bonds. The molecule has 1 aromatic rings. The van der Waals surface area contributed by atoms with Gasteiger partial charge in [-0.05, 0) is 25.7 Å². The third-order valence-corrected chi connectivity index (χ3v) is 2.78. The van der Waals surface area contributed by atoms with E-state index in [1.807, 2.05) is 6.20 Å². The Balaban J connectivity index is 2.23. The van der Waals surface area contributed by atoms with Crippen LogP contribution < -0.4 is 0 Å². The third kappa shape index (κ3) is 1.37. The summed E-state index contributed by atoms with van der Waals surface area (Å²) in [5.74, 6) is 0.862. The maximum Gasteiger partial charge on any atom is 0.140 e. The molecular formula is C10H16N2O. The Labute approximate surface area is 78.4 Å². The van der Waals surface area contributed by atoms with E-state index in [1.54, 1.807) is 6.20 Å². The number of imidazole rings is 1. The highest BCUT2D eigenvalue weighted by Gasteiger charge is 2.39. The summed E-state index contributed by atoms with van der Waals surface area (Å²) in [5.41, 5.74) is -0.612. The van der Waals surface area contributed by atoms with Gasteiger partial charge in [-0.1, -0.05) is 6.92 Å². The van der Waals surface area contributed by atoms with Crippen LogP contribution in [0.3, 0.4) is 0 Å². The molecule has 1 aromatic heterocycles. The highest BCUT2D eigenvalue weighted by molar-refractivity contribution is 5.09. The summed E-state index contributed by atoms with van der Waals surface area (Å²) in [7, 11) is 0. The second-order valence-corrected chi connectivity index (χ2v) is 3.83. The lowest BCUT2D eigenvalue weighted by atomic mass is 9.79.